The van der Waals surface area contributed by atoms with Crippen molar-refractivity contribution in [2.75, 3.05) is 0 Å². The quantitative estimate of drug-likeness (QED) is 0.554. The highest BCUT2D eigenvalue weighted by Crippen LogP contribution is 2.43. The van der Waals surface area contributed by atoms with E-state index >= 15 is 0 Å². The van der Waals surface area contributed by atoms with Crippen molar-refractivity contribution in [2.45, 2.75) is 81.7 Å². The third kappa shape index (κ3) is 4.23. The molecule has 3 heteroatoms. The summed E-state index contributed by atoms with van der Waals surface area (Å²) in [7, 11) is -1.61. The van der Waals surface area contributed by atoms with Gasteiger partial charge < -0.3 is 0 Å². The fourth-order valence-electron chi connectivity index (χ4n) is 4.23. The molecular weight excluding hydrogens is 306 g/mol. The van der Waals surface area contributed by atoms with Crippen molar-refractivity contribution in [3.8, 4) is 0 Å². The molecule has 1 aliphatic heterocycles. The molecule has 1 saturated carbocycles. The maximum Gasteiger partial charge on any atom is 0.159 e. The molecule has 0 N–H and O–H groups in total. The average molecular weight is 341 g/mol. The molecule has 0 atom stereocenters. The van der Waals surface area contributed by atoms with E-state index in [4.69, 9.17) is 5.48 Å². The number of rotatable bonds is 4. The van der Waals surface area contributed by atoms with Gasteiger partial charge in [-0.25, -0.2) is 8.78 Å². The van der Waals surface area contributed by atoms with E-state index in [1.165, 1.54) is 12.1 Å². The van der Waals surface area contributed by atoms with Crippen molar-refractivity contribution >= 4 is 8.80 Å². The summed E-state index contributed by atoms with van der Waals surface area (Å²) in [6, 6.07) is 5.88. The van der Waals surface area contributed by atoms with Crippen molar-refractivity contribution in [1.29, 1.82) is 0 Å². The number of benzene rings is 1. The van der Waals surface area contributed by atoms with Crippen LogP contribution in [0, 0.1) is 17.6 Å². The summed E-state index contributed by atoms with van der Waals surface area (Å²) in [6.45, 7) is 2.07. The van der Waals surface area contributed by atoms with Gasteiger partial charge in [-0.15, -0.1) is 0 Å². The molecule has 1 saturated heterocycles. The normalized spacial score (nSPS) is 38.9. The Balaban J connectivity index is 1.70. The van der Waals surface area contributed by atoms with Gasteiger partial charge in [0, 0.05) is 14.3 Å². The summed E-state index contributed by atoms with van der Waals surface area (Å²) in [5, 5.41) is 0. The van der Waals surface area contributed by atoms with Gasteiger partial charge in [-0.05, 0) is 47.9 Å². The second kappa shape index (κ2) is 7.91. The Morgan fingerprint density at radius 1 is 1.09 bits per heavy atom. The predicted octanol–water partition coefficient (Wildman–Crippen LogP) is 6.43. The van der Waals surface area contributed by atoms with Gasteiger partial charge in [0.25, 0.3) is 0 Å². The summed E-state index contributed by atoms with van der Waals surface area (Å²) in [5.41, 5.74) is 0.378. The maximum atomic E-state index is 13.5. The zero-order valence-electron chi connectivity index (χ0n) is 18.0. The lowest BCUT2D eigenvalue weighted by molar-refractivity contribution is 0.332. The van der Waals surface area contributed by atoms with E-state index in [9.17, 15) is 8.78 Å². The van der Waals surface area contributed by atoms with Crippen LogP contribution in [0.15, 0.2) is 18.2 Å². The largest absolute Gasteiger partial charge is 0.204 e. The van der Waals surface area contributed by atoms with Crippen LogP contribution in [0.2, 0.25) is 17.6 Å². The van der Waals surface area contributed by atoms with Crippen LogP contribution >= 0.6 is 0 Å². The van der Waals surface area contributed by atoms with Crippen molar-refractivity contribution in [3.05, 3.63) is 35.4 Å². The minimum atomic E-state index is -1.61. The molecule has 2 aliphatic rings. The van der Waals surface area contributed by atoms with Crippen LogP contribution < -0.4 is 0 Å². The number of halogens is 2. The molecule has 1 aromatic rings. The van der Waals surface area contributed by atoms with E-state index in [1.807, 2.05) is 0 Å². The molecule has 1 aromatic carbocycles. The molecule has 1 heterocycles. The van der Waals surface area contributed by atoms with E-state index in [1.54, 1.807) is 6.07 Å². The molecule has 0 nitrogen and oxygen atoms in total. The second-order valence-corrected chi connectivity index (χ2v) is 10.6. The lowest BCUT2D eigenvalue weighted by Crippen LogP contribution is -2.29. The highest BCUT2D eigenvalue weighted by atomic mass is 28.3. The zero-order valence-corrected chi connectivity index (χ0v) is 15.1. The smallest absolute Gasteiger partial charge is 0.159 e. The highest BCUT2D eigenvalue weighted by Gasteiger charge is 2.32. The van der Waals surface area contributed by atoms with E-state index in [0.29, 0.717) is 12.8 Å². The van der Waals surface area contributed by atoms with Crippen molar-refractivity contribution in [2.24, 2.45) is 5.92 Å². The molecule has 2 fully saturated rings. The van der Waals surface area contributed by atoms with Gasteiger partial charge in [-0.2, -0.15) is 0 Å². The lowest BCUT2D eigenvalue weighted by atomic mass is 9.86. The molecule has 0 radical (unpaired) electrons. The van der Waals surface area contributed by atoms with Crippen LogP contribution in [0.5, 0.6) is 0 Å². The van der Waals surface area contributed by atoms with E-state index in [-0.39, 0.29) is 11.8 Å². The lowest BCUT2D eigenvalue weighted by Gasteiger charge is -2.37. The predicted molar refractivity (Wildman–Crippen MR) is 95.7 cm³/mol. The fraction of sp³-hybridized carbons (Fsp3) is 0.700. The van der Waals surface area contributed by atoms with Crippen LogP contribution in [-0.4, -0.2) is 8.80 Å². The van der Waals surface area contributed by atoms with Crippen molar-refractivity contribution < 1.29 is 14.3 Å². The summed E-state index contributed by atoms with van der Waals surface area (Å²) in [6.07, 6.45) is 1.67. The van der Waals surface area contributed by atoms with Crippen LogP contribution in [0.1, 0.15) is 75.2 Å². The SMILES string of the molecule is [2H]C1([2H])C[C@H](CCC)CC([2H])([2H])[C@H]1[Si@H]1CC[C@H](c2ccc(F)c(F)c2)CC1. The van der Waals surface area contributed by atoms with E-state index in [0.717, 1.165) is 43.3 Å². The minimum absolute atomic E-state index is 0.142. The first-order valence-electron chi connectivity index (χ1n) is 11.1. The third-order valence-corrected chi connectivity index (χ3v) is 9.17. The summed E-state index contributed by atoms with van der Waals surface area (Å²) in [5.74, 6) is -1.32. The Kier molecular flexibility index (Phi) is 4.35. The van der Waals surface area contributed by atoms with Gasteiger partial charge in [0.05, 0.1) is 0 Å². The molecule has 3 rings (SSSR count). The van der Waals surface area contributed by atoms with Crippen molar-refractivity contribution in [3.63, 3.8) is 0 Å². The van der Waals surface area contributed by atoms with Crippen LogP contribution in [0.25, 0.3) is 0 Å². The van der Waals surface area contributed by atoms with Gasteiger partial charge in [0.15, 0.2) is 11.6 Å². The van der Waals surface area contributed by atoms with Gasteiger partial charge in [-0.1, -0.05) is 63.5 Å². The summed E-state index contributed by atoms with van der Waals surface area (Å²) < 4.78 is 61.2. The number of hydrogen-bond acceptors (Lipinski definition) is 0. The Labute approximate surface area is 146 Å². The first-order chi connectivity index (χ1) is 12.6. The Hall–Kier alpha value is -0.703. The number of hydrogen-bond donors (Lipinski definition) is 0. The Morgan fingerprint density at radius 3 is 2.39 bits per heavy atom. The standard InChI is InChI=1S/C20H30F2Si/c1-2-3-15-4-7-18(8-5-15)23-12-10-16(11-13-23)17-6-9-19(21)20(22)14-17/h6,9,14-16,18,23H,2-5,7-8,10-13H2,1H3/t15-,16-,18-,23-/i7D2,8D2. The van der Waals surface area contributed by atoms with Crippen molar-refractivity contribution in [1.82, 2.24) is 0 Å². The Bertz CT molecular complexity index is 641. The fourth-order valence-corrected chi connectivity index (χ4v) is 7.78. The first-order valence-corrected chi connectivity index (χ1v) is 11.4. The minimum Gasteiger partial charge on any atom is -0.204 e. The molecule has 0 unspecified atom stereocenters. The van der Waals surface area contributed by atoms with Gasteiger partial charge in [0.1, 0.15) is 0 Å². The molecule has 1 aliphatic carbocycles. The van der Waals surface area contributed by atoms with Crippen LogP contribution in [-0.2, 0) is 0 Å². The van der Waals surface area contributed by atoms with Crippen LogP contribution in [0.3, 0.4) is 0 Å². The van der Waals surface area contributed by atoms with Gasteiger partial charge in [0.2, 0.25) is 0 Å². The topological polar surface area (TPSA) is 0 Å². The Morgan fingerprint density at radius 2 is 1.78 bits per heavy atom. The maximum absolute atomic E-state index is 13.5. The molecule has 128 valence electrons. The average Bonchev–Trinajstić information content (AvgIpc) is 2.56. The highest BCUT2D eigenvalue weighted by molar-refractivity contribution is 6.60. The summed E-state index contributed by atoms with van der Waals surface area (Å²) in [4.78, 5) is 0. The monoisotopic (exact) mass is 340 g/mol. The van der Waals surface area contributed by atoms with E-state index in [2.05, 4.69) is 6.92 Å². The summed E-state index contributed by atoms with van der Waals surface area (Å²) >= 11 is 0. The molecule has 0 spiro atoms. The van der Waals surface area contributed by atoms with E-state index < -0.39 is 38.7 Å². The first kappa shape index (κ1) is 12.6. The molecule has 23 heavy (non-hydrogen) atoms. The third-order valence-electron chi connectivity index (χ3n) is 5.61. The molecule has 0 bridgehead atoms. The molecule has 0 amide bonds. The van der Waals surface area contributed by atoms with Crippen LogP contribution in [0.4, 0.5) is 8.78 Å². The second-order valence-electron chi connectivity index (χ2n) is 7.23. The molecular formula is C20H30F2Si. The van der Waals surface area contributed by atoms with Gasteiger partial charge >= 0.3 is 0 Å². The zero-order chi connectivity index (χ0) is 19.8. The molecule has 0 aromatic heterocycles. The van der Waals surface area contributed by atoms with Gasteiger partial charge in [-0.3, -0.25) is 0 Å².